The minimum Gasteiger partial charge on any atom is -0.461 e. The van der Waals surface area contributed by atoms with E-state index in [1.165, 1.54) is 37.0 Å². The van der Waals surface area contributed by atoms with Crippen LogP contribution in [-0.2, 0) is 9.47 Å². The monoisotopic (exact) mass is 384 g/mol. The van der Waals surface area contributed by atoms with Gasteiger partial charge < -0.3 is 14.8 Å². The Bertz CT molecular complexity index is 505. The van der Waals surface area contributed by atoms with Crippen molar-refractivity contribution in [1.29, 1.82) is 0 Å². The van der Waals surface area contributed by atoms with E-state index < -0.39 is 0 Å². The van der Waals surface area contributed by atoms with E-state index in [9.17, 15) is 4.79 Å². The first-order valence-corrected chi connectivity index (χ1v) is 10.9. The van der Waals surface area contributed by atoms with Gasteiger partial charge in [-0.3, -0.25) is 0 Å². The van der Waals surface area contributed by atoms with Crippen molar-refractivity contribution in [3.05, 3.63) is 16.1 Å². The maximum atomic E-state index is 11.9. The van der Waals surface area contributed by atoms with E-state index in [-0.39, 0.29) is 12.1 Å². The highest BCUT2D eigenvalue weighted by Crippen LogP contribution is 2.28. The van der Waals surface area contributed by atoms with Crippen molar-refractivity contribution < 1.29 is 14.3 Å². The van der Waals surface area contributed by atoms with Gasteiger partial charge in [0.15, 0.2) is 5.69 Å². The smallest absolute Gasteiger partial charge is 0.357 e. The van der Waals surface area contributed by atoms with Crippen molar-refractivity contribution in [2.75, 3.05) is 19.8 Å². The van der Waals surface area contributed by atoms with Crippen molar-refractivity contribution in [3.63, 3.8) is 0 Å². The maximum absolute atomic E-state index is 11.9. The summed E-state index contributed by atoms with van der Waals surface area (Å²) < 4.78 is 11.0. The van der Waals surface area contributed by atoms with E-state index >= 15 is 0 Å². The van der Waals surface area contributed by atoms with E-state index in [2.05, 4.69) is 31.1 Å². The van der Waals surface area contributed by atoms with Crippen molar-refractivity contribution in [1.82, 2.24) is 10.3 Å². The summed E-state index contributed by atoms with van der Waals surface area (Å²) in [5.74, 6) is 0.147. The van der Waals surface area contributed by atoms with Crippen LogP contribution >= 0.6 is 11.3 Å². The van der Waals surface area contributed by atoms with Gasteiger partial charge in [0.25, 0.3) is 0 Å². The highest BCUT2D eigenvalue weighted by atomic mass is 32.1. The average molecular weight is 385 g/mol. The summed E-state index contributed by atoms with van der Waals surface area (Å²) in [6.07, 6.45) is 5.80. The molecule has 1 heterocycles. The van der Waals surface area contributed by atoms with E-state index in [0.717, 1.165) is 18.0 Å². The van der Waals surface area contributed by atoms with E-state index in [1.807, 2.05) is 6.92 Å². The SMILES string of the molecule is CCCCCCNC(C[C@@H](OCC)c1nc(C(=O)OCC)cs1)C(C)C. The second kappa shape index (κ2) is 13.2. The van der Waals surface area contributed by atoms with Gasteiger partial charge in [-0.25, -0.2) is 9.78 Å². The number of hydrogen-bond acceptors (Lipinski definition) is 6. The second-order valence-corrected chi connectivity index (χ2v) is 7.73. The number of thiazole rings is 1. The lowest BCUT2D eigenvalue weighted by Gasteiger charge is -2.26. The average Bonchev–Trinajstić information content (AvgIpc) is 3.10. The standard InChI is InChI=1S/C20H36N2O3S/c1-6-9-10-11-12-21-16(15(4)5)13-18(24-7-2)19-22-17(14-26-19)20(23)25-8-3/h14-16,18,21H,6-13H2,1-5H3/t16?,18-/m1/s1. The fraction of sp³-hybridized carbons (Fsp3) is 0.800. The van der Waals surface area contributed by atoms with E-state index in [0.29, 0.717) is 30.9 Å². The summed E-state index contributed by atoms with van der Waals surface area (Å²) in [5, 5.41) is 6.31. The third-order valence-corrected chi connectivity index (χ3v) is 5.30. The summed E-state index contributed by atoms with van der Waals surface area (Å²) in [6.45, 7) is 12.5. The molecular formula is C20H36N2O3S. The Balaban J connectivity index is 2.69. The van der Waals surface area contributed by atoms with E-state index in [4.69, 9.17) is 9.47 Å². The summed E-state index contributed by atoms with van der Waals surface area (Å²) in [6, 6.07) is 0.364. The topological polar surface area (TPSA) is 60.5 Å². The molecule has 1 aromatic heterocycles. The Morgan fingerprint density at radius 3 is 2.58 bits per heavy atom. The number of nitrogens with one attached hydrogen (secondary N) is 1. The minimum atomic E-state index is -0.361. The van der Waals surface area contributed by atoms with Crippen LogP contribution in [0, 0.1) is 5.92 Å². The summed E-state index contributed by atoms with van der Waals surface area (Å²) in [4.78, 5) is 16.3. The highest BCUT2D eigenvalue weighted by molar-refractivity contribution is 7.09. The molecule has 0 fully saturated rings. The molecule has 0 aliphatic heterocycles. The van der Waals surface area contributed by atoms with Crippen LogP contribution in [0.2, 0.25) is 0 Å². The van der Waals surface area contributed by atoms with Gasteiger partial charge >= 0.3 is 5.97 Å². The first-order chi connectivity index (χ1) is 12.5. The van der Waals surface area contributed by atoms with Gasteiger partial charge in [0.1, 0.15) is 11.1 Å². The molecule has 2 atom stereocenters. The fourth-order valence-corrected chi connectivity index (χ4v) is 3.69. The summed E-state index contributed by atoms with van der Waals surface area (Å²) >= 11 is 1.48. The molecule has 1 aromatic rings. The van der Waals surface area contributed by atoms with Gasteiger partial charge in [-0.1, -0.05) is 40.0 Å². The molecule has 0 saturated heterocycles. The molecular weight excluding hydrogens is 348 g/mol. The Morgan fingerprint density at radius 2 is 1.96 bits per heavy atom. The van der Waals surface area contributed by atoms with E-state index in [1.54, 1.807) is 12.3 Å². The van der Waals surface area contributed by atoms with Crippen LogP contribution in [0.1, 0.15) is 88.3 Å². The fourth-order valence-electron chi connectivity index (χ4n) is 2.84. The molecule has 0 amide bonds. The van der Waals surface area contributed by atoms with Crippen LogP contribution in [0.25, 0.3) is 0 Å². The van der Waals surface area contributed by atoms with Crippen LogP contribution < -0.4 is 5.32 Å². The molecule has 1 rings (SSSR count). The molecule has 0 aliphatic rings. The van der Waals surface area contributed by atoms with Crippen LogP contribution in [0.4, 0.5) is 0 Å². The van der Waals surface area contributed by atoms with Gasteiger partial charge in [-0.2, -0.15) is 0 Å². The number of esters is 1. The van der Waals surface area contributed by atoms with Gasteiger partial charge in [-0.05, 0) is 39.2 Å². The predicted molar refractivity (Wildman–Crippen MR) is 108 cm³/mol. The third-order valence-electron chi connectivity index (χ3n) is 4.36. The van der Waals surface area contributed by atoms with Crippen LogP contribution in [0.3, 0.4) is 0 Å². The van der Waals surface area contributed by atoms with Crippen LogP contribution in [0.15, 0.2) is 5.38 Å². The molecule has 0 spiro atoms. The number of unbranched alkanes of at least 4 members (excludes halogenated alkanes) is 3. The van der Waals surface area contributed by atoms with Crippen molar-refractivity contribution in [2.45, 2.75) is 78.9 Å². The predicted octanol–water partition coefficient (Wildman–Crippen LogP) is 4.98. The number of carbonyl (C=O) groups excluding carboxylic acids is 1. The van der Waals surface area contributed by atoms with Crippen molar-refractivity contribution in [3.8, 4) is 0 Å². The number of ether oxygens (including phenoxy) is 2. The Labute approximate surface area is 162 Å². The largest absolute Gasteiger partial charge is 0.461 e. The summed E-state index contributed by atoms with van der Waals surface area (Å²) in [7, 11) is 0. The number of hydrogen-bond donors (Lipinski definition) is 1. The molecule has 0 aliphatic carbocycles. The van der Waals surface area contributed by atoms with Crippen molar-refractivity contribution >= 4 is 17.3 Å². The lowest BCUT2D eigenvalue weighted by Crippen LogP contribution is -2.36. The molecule has 0 saturated carbocycles. The zero-order chi connectivity index (χ0) is 19.4. The summed E-state index contributed by atoms with van der Waals surface area (Å²) in [5.41, 5.74) is 0.380. The second-order valence-electron chi connectivity index (χ2n) is 6.84. The lowest BCUT2D eigenvalue weighted by molar-refractivity contribution is 0.0430. The lowest BCUT2D eigenvalue weighted by atomic mass is 9.97. The molecule has 6 heteroatoms. The molecule has 1 unspecified atom stereocenters. The number of nitrogens with zero attached hydrogens (tertiary/aromatic N) is 1. The zero-order valence-electron chi connectivity index (χ0n) is 17.0. The Kier molecular flexibility index (Phi) is 11.7. The van der Waals surface area contributed by atoms with Crippen LogP contribution in [-0.4, -0.2) is 36.8 Å². The van der Waals surface area contributed by atoms with Gasteiger partial charge in [0, 0.05) is 18.0 Å². The molecule has 0 aromatic carbocycles. The highest BCUT2D eigenvalue weighted by Gasteiger charge is 2.24. The molecule has 0 bridgehead atoms. The first kappa shape index (κ1) is 23.1. The number of carbonyl (C=O) groups is 1. The van der Waals surface area contributed by atoms with Crippen LogP contribution in [0.5, 0.6) is 0 Å². The number of aromatic nitrogens is 1. The number of rotatable bonds is 14. The van der Waals surface area contributed by atoms with Gasteiger partial charge in [0.2, 0.25) is 0 Å². The normalized spacial score (nSPS) is 13.8. The van der Waals surface area contributed by atoms with Gasteiger partial charge in [-0.15, -0.1) is 11.3 Å². The third kappa shape index (κ3) is 8.14. The zero-order valence-corrected chi connectivity index (χ0v) is 17.9. The Hall–Kier alpha value is -0.980. The molecule has 5 nitrogen and oxygen atoms in total. The molecule has 150 valence electrons. The quantitative estimate of drug-likeness (QED) is 0.362. The first-order valence-electron chi connectivity index (χ1n) is 10.0. The molecule has 0 radical (unpaired) electrons. The Morgan fingerprint density at radius 1 is 1.19 bits per heavy atom. The van der Waals surface area contributed by atoms with Gasteiger partial charge in [0.05, 0.1) is 6.61 Å². The molecule has 1 N–H and O–H groups in total. The molecule has 26 heavy (non-hydrogen) atoms. The maximum Gasteiger partial charge on any atom is 0.357 e. The minimum absolute atomic E-state index is 0.0938. The van der Waals surface area contributed by atoms with Crippen molar-refractivity contribution in [2.24, 2.45) is 5.92 Å².